The van der Waals surface area contributed by atoms with Crippen LogP contribution in [0.2, 0.25) is 0 Å². The number of aryl methyl sites for hydroxylation is 1. The molecule has 0 saturated heterocycles. The lowest BCUT2D eigenvalue weighted by atomic mass is 10.2. The Bertz CT molecular complexity index is 887. The van der Waals surface area contributed by atoms with Gasteiger partial charge in [0.2, 0.25) is 5.91 Å². The van der Waals surface area contributed by atoms with E-state index in [1.165, 1.54) is 11.8 Å². The van der Waals surface area contributed by atoms with E-state index >= 15 is 0 Å². The Balaban J connectivity index is 1.66. The number of carbonyl (C=O) groups is 1. The molecule has 0 saturated carbocycles. The van der Waals surface area contributed by atoms with Gasteiger partial charge in [0.05, 0.1) is 17.6 Å². The quantitative estimate of drug-likeness (QED) is 0.596. The number of thioether (sulfide) groups is 1. The van der Waals surface area contributed by atoms with E-state index in [1.54, 1.807) is 6.26 Å². The Hall–Kier alpha value is -2.54. The van der Waals surface area contributed by atoms with Crippen LogP contribution in [0.5, 0.6) is 0 Å². The summed E-state index contributed by atoms with van der Waals surface area (Å²) in [5, 5.41) is 12.3. The lowest BCUT2D eigenvalue weighted by Crippen LogP contribution is -2.24. The molecular weight excluding hydrogens is 360 g/mol. The molecule has 3 rings (SSSR count). The molecule has 0 aliphatic carbocycles. The molecule has 0 spiro atoms. The molecule has 2 heterocycles. The van der Waals surface area contributed by atoms with Gasteiger partial charge in [-0.2, -0.15) is 0 Å². The van der Waals surface area contributed by atoms with Crippen molar-refractivity contribution in [2.45, 2.75) is 39.0 Å². The molecular formula is C20H24N4O2S. The normalized spacial score (nSPS) is 11.1. The summed E-state index contributed by atoms with van der Waals surface area (Å²) in [7, 11) is 0. The second-order valence-electron chi connectivity index (χ2n) is 6.75. The summed E-state index contributed by atoms with van der Waals surface area (Å²) in [5.41, 5.74) is 2.01. The molecule has 142 valence electrons. The van der Waals surface area contributed by atoms with E-state index in [4.69, 9.17) is 4.42 Å². The Labute approximate surface area is 163 Å². The smallest absolute Gasteiger partial charge is 0.230 e. The number of furan rings is 1. The molecule has 2 aromatic heterocycles. The zero-order valence-electron chi connectivity index (χ0n) is 15.8. The maximum Gasteiger partial charge on any atom is 0.230 e. The van der Waals surface area contributed by atoms with Gasteiger partial charge in [-0.3, -0.25) is 4.79 Å². The number of aromatic nitrogens is 3. The van der Waals surface area contributed by atoms with Crippen LogP contribution in [0.3, 0.4) is 0 Å². The van der Waals surface area contributed by atoms with Gasteiger partial charge >= 0.3 is 0 Å². The molecule has 0 aliphatic heterocycles. The first kappa shape index (κ1) is 19.2. The van der Waals surface area contributed by atoms with Crippen LogP contribution in [0.4, 0.5) is 0 Å². The van der Waals surface area contributed by atoms with Gasteiger partial charge in [-0.15, -0.1) is 10.2 Å². The second kappa shape index (κ2) is 8.90. The SMILES string of the molecule is Cc1occc1-c1nnc(SCC(=O)NCc2ccccc2)n1CC(C)C. The highest BCUT2D eigenvalue weighted by Gasteiger charge is 2.19. The highest BCUT2D eigenvalue weighted by molar-refractivity contribution is 7.99. The Morgan fingerprint density at radius 1 is 1.22 bits per heavy atom. The van der Waals surface area contributed by atoms with Crippen molar-refractivity contribution < 1.29 is 9.21 Å². The highest BCUT2D eigenvalue weighted by Crippen LogP contribution is 2.27. The van der Waals surface area contributed by atoms with Crippen molar-refractivity contribution in [3.05, 3.63) is 54.0 Å². The van der Waals surface area contributed by atoms with Crippen LogP contribution < -0.4 is 5.32 Å². The molecule has 0 aliphatic rings. The summed E-state index contributed by atoms with van der Waals surface area (Å²) in [6.07, 6.45) is 1.66. The fourth-order valence-electron chi connectivity index (χ4n) is 2.72. The van der Waals surface area contributed by atoms with E-state index in [-0.39, 0.29) is 5.91 Å². The molecule has 0 radical (unpaired) electrons. The highest BCUT2D eigenvalue weighted by atomic mass is 32.2. The lowest BCUT2D eigenvalue weighted by Gasteiger charge is -2.12. The van der Waals surface area contributed by atoms with Gasteiger partial charge in [-0.25, -0.2) is 0 Å². The van der Waals surface area contributed by atoms with Crippen molar-refractivity contribution in [3.8, 4) is 11.4 Å². The van der Waals surface area contributed by atoms with Crippen LogP contribution in [0, 0.1) is 12.8 Å². The van der Waals surface area contributed by atoms with Gasteiger partial charge in [0.15, 0.2) is 11.0 Å². The monoisotopic (exact) mass is 384 g/mol. The lowest BCUT2D eigenvalue weighted by molar-refractivity contribution is -0.118. The minimum Gasteiger partial charge on any atom is -0.469 e. The van der Waals surface area contributed by atoms with Crippen molar-refractivity contribution >= 4 is 17.7 Å². The van der Waals surface area contributed by atoms with Gasteiger partial charge in [0.1, 0.15) is 5.76 Å². The number of carbonyl (C=O) groups excluding carboxylic acids is 1. The molecule has 0 bridgehead atoms. The van der Waals surface area contributed by atoms with Crippen LogP contribution in [0.15, 0.2) is 52.2 Å². The van der Waals surface area contributed by atoms with Gasteiger partial charge in [-0.1, -0.05) is 55.9 Å². The first-order chi connectivity index (χ1) is 13.0. The summed E-state index contributed by atoms with van der Waals surface area (Å²) in [4.78, 5) is 12.2. The van der Waals surface area contributed by atoms with Crippen LogP contribution in [0.1, 0.15) is 25.2 Å². The van der Waals surface area contributed by atoms with Gasteiger partial charge < -0.3 is 14.3 Å². The number of amides is 1. The average molecular weight is 385 g/mol. The fourth-order valence-corrected chi connectivity index (χ4v) is 3.50. The molecule has 0 unspecified atom stereocenters. The zero-order valence-corrected chi connectivity index (χ0v) is 16.6. The third-order valence-electron chi connectivity index (χ3n) is 4.03. The fraction of sp³-hybridized carbons (Fsp3) is 0.350. The molecule has 6 nitrogen and oxygen atoms in total. The maximum atomic E-state index is 12.2. The Morgan fingerprint density at radius 2 is 2.00 bits per heavy atom. The molecule has 3 aromatic rings. The molecule has 0 fully saturated rings. The number of nitrogens with zero attached hydrogens (tertiary/aromatic N) is 3. The zero-order chi connectivity index (χ0) is 19.2. The predicted octanol–water partition coefficient (Wildman–Crippen LogP) is 3.91. The largest absolute Gasteiger partial charge is 0.469 e. The van der Waals surface area contributed by atoms with Crippen LogP contribution in [-0.4, -0.2) is 26.4 Å². The average Bonchev–Trinajstić information content (AvgIpc) is 3.24. The molecule has 0 atom stereocenters. The number of hydrogen-bond donors (Lipinski definition) is 1. The van der Waals surface area contributed by atoms with E-state index in [2.05, 4.69) is 33.9 Å². The summed E-state index contributed by atoms with van der Waals surface area (Å²) >= 11 is 1.40. The minimum atomic E-state index is -0.0241. The molecule has 1 aromatic carbocycles. The van der Waals surface area contributed by atoms with E-state index in [1.807, 2.05) is 43.3 Å². The standard InChI is InChI=1S/C20H24N4O2S/c1-14(2)12-24-19(17-9-10-26-15(17)3)22-23-20(24)27-13-18(25)21-11-16-7-5-4-6-8-16/h4-10,14H,11-13H2,1-3H3,(H,21,25). The summed E-state index contributed by atoms with van der Waals surface area (Å²) in [5.74, 6) is 2.29. The Morgan fingerprint density at radius 3 is 2.67 bits per heavy atom. The van der Waals surface area contributed by atoms with E-state index in [0.717, 1.165) is 34.4 Å². The topological polar surface area (TPSA) is 72.9 Å². The first-order valence-electron chi connectivity index (χ1n) is 8.95. The van der Waals surface area contributed by atoms with Crippen molar-refractivity contribution in [2.24, 2.45) is 5.92 Å². The molecule has 1 N–H and O–H groups in total. The number of benzene rings is 1. The number of rotatable bonds is 8. The molecule has 7 heteroatoms. The number of hydrogen-bond acceptors (Lipinski definition) is 5. The first-order valence-corrected chi connectivity index (χ1v) is 9.94. The van der Waals surface area contributed by atoms with Gasteiger partial charge in [-0.05, 0) is 24.5 Å². The Kier molecular flexibility index (Phi) is 6.34. The summed E-state index contributed by atoms with van der Waals surface area (Å²) in [6.45, 7) is 7.51. The summed E-state index contributed by atoms with van der Waals surface area (Å²) < 4.78 is 7.48. The van der Waals surface area contributed by atoms with E-state index in [9.17, 15) is 4.79 Å². The van der Waals surface area contributed by atoms with Crippen LogP contribution in [0.25, 0.3) is 11.4 Å². The van der Waals surface area contributed by atoms with Crippen molar-refractivity contribution in [2.75, 3.05) is 5.75 Å². The van der Waals surface area contributed by atoms with Gasteiger partial charge in [0.25, 0.3) is 0 Å². The predicted molar refractivity (Wildman–Crippen MR) is 106 cm³/mol. The second-order valence-corrected chi connectivity index (χ2v) is 7.69. The van der Waals surface area contributed by atoms with Crippen LogP contribution >= 0.6 is 11.8 Å². The third kappa shape index (κ3) is 5.01. The minimum absolute atomic E-state index is 0.0241. The van der Waals surface area contributed by atoms with Crippen molar-refractivity contribution in [3.63, 3.8) is 0 Å². The maximum absolute atomic E-state index is 12.2. The van der Waals surface area contributed by atoms with E-state index in [0.29, 0.717) is 18.2 Å². The van der Waals surface area contributed by atoms with Gasteiger partial charge in [0, 0.05) is 13.1 Å². The van der Waals surface area contributed by atoms with Crippen molar-refractivity contribution in [1.82, 2.24) is 20.1 Å². The van der Waals surface area contributed by atoms with E-state index < -0.39 is 0 Å². The molecule has 1 amide bonds. The molecule has 27 heavy (non-hydrogen) atoms. The van der Waals surface area contributed by atoms with Crippen LogP contribution in [-0.2, 0) is 17.9 Å². The third-order valence-corrected chi connectivity index (χ3v) is 5.00. The summed E-state index contributed by atoms with van der Waals surface area (Å²) in [6, 6.07) is 11.8. The van der Waals surface area contributed by atoms with Crippen molar-refractivity contribution in [1.29, 1.82) is 0 Å². The number of nitrogens with one attached hydrogen (secondary N) is 1.